The van der Waals surface area contributed by atoms with Crippen LogP contribution in [0.1, 0.15) is 29.7 Å². The molecule has 1 fully saturated rings. The second-order valence-corrected chi connectivity index (χ2v) is 7.93. The summed E-state index contributed by atoms with van der Waals surface area (Å²) < 4.78 is 25.0. The van der Waals surface area contributed by atoms with E-state index in [1.807, 2.05) is 41.3 Å². The van der Waals surface area contributed by atoms with Gasteiger partial charge < -0.3 is 14.4 Å². The lowest BCUT2D eigenvalue weighted by Gasteiger charge is -2.32. The molecule has 2 heterocycles. The molecule has 1 aromatic heterocycles. The second kappa shape index (κ2) is 10.6. The van der Waals surface area contributed by atoms with Gasteiger partial charge in [0.05, 0.1) is 6.42 Å². The third kappa shape index (κ3) is 6.30. The number of ether oxygens (including phenoxy) is 2. The summed E-state index contributed by atoms with van der Waals surface area (Å²) in [5.41, 5.74) is 1.92. The molecule has 168 valence electrons. The number of pyridine rings is 1. The van der Waals surface area contributed by atoms with Crippen LogP contribution in [0.5, 0.6) is 11.5 Å². The fraction of sp³-hybridized carbons (Fsp3) is 0.269. The fourth-order valence-corrected chi connectivity index (χ4v) is 3.70. The third-order valence-corrected chi connectivity index (χ3v) is 5.51. The average Bonchev–Trinajstić information content (AvgIpc) is 2.84. The number of hydrogen-bond donors (Lipinski definition) is 0. The van der Waals surface area contributed by atoms with Crippen molar-refractivity contribution >= 4 is 5.91 Å². The first kappa shape index (κ1) is 22.3. The monoisotopic (exact) mass is 445 g/mol. The Morgan fingerprint density at radius 2 is 1.82 bits per heavy atom. The van der Waals surface area contributed by atoms with Crippen LogP contribution < -0.4 is 9.47 Å². The number of benzene rings is 2. The van der Waals surface area contributed by atoms with E-state index < -0.39 is 0 Å². The topological polar surface area (TPSA) is 75.5 Å². The van der Waals surface area contributed by atoms with Crippen molar-refractivity contribution in [2.45, 2.75) is 32.0 Å². The van der Waals surface area contributed by atoms with E-state index in [4.69, 9.17) is 14.7 Å². The number of hydrogen-bond acceptors (Lipinski definition) is 5. The predicted octanol–water partition coefficient (Wildman–Crippen LogP) is 4.28. The summed E-state index contributed by atoms with van der Waals surface area (Å²) in [6.07, 6.45) is 3.42. The van der Waals surface area contributed by atoms with Gasteiger partial charge in [-0.3, -0.25) is 4.79 Å². The van der Waals surface area contributed by atoms with Crippen LogP contribution in [0.3, 0.4) is 0 Å². The van der Waals surface area contributed by atoms with Crippen molar-refractivity contribution < 1.29 is 18.7 Å². The number of piperidine rings is 1. The summed E-state index contributed by atoms with van der Waals surface area (Å²) in [7, 11) is 0. The molecule has 7 heteroatoms. The molecule has 0 bridgehead atoms. The SMILES string of the molecule is N#Cc1ccc(CC(=O)N2CCC(Oc3ccc(OCc4cccc(F)c4)cc3)CC2)cn1. The van der Waals surface area contributed by atoms with Gasteiger partial charge in [0.2, 0.25) is 5.91 Å². The van der Waals surface area contributed by atoms with Gasteiger partial charge in [0.15, 0.2) is 0 Å². The highest BCUT2D eigenvalue weighted by molar-refractivity contribution is 5.78. The molecular formula is C26H24FN3O3. The lowest BCUT2D eigenvalue weighted by atomic mass is 10.1. The van der Waals surface area contributed by atoms with Crippen LogP contribution >= 0.6 is 0 Å². The van der Waals surface area contributed by atoms with Gasteiger partial charge in [0, 0.05) is 32.1 Å². The average molecular weight is 445 g/mol. The molecule has 0 atom stereocenters. The molecule has 0 spiro atoms. The molecule has 33 heavy (non-hydrogen) atoms. The largest absolute Gasteiger partial charge is 0.490 e. The summed E-state index contributed by atoms with van der Waals surface area (Å²) >= 11 is 0. The van der Waals surface area contributed by atoms with Crippen molar-refractivity contribution in [1.82, 2.24) is 9.88 Å². The molecule has 4 rings (SSSR count). The van der Waals surface area contributed by atoms with E-state index in [0.29, 0.717) is 31.1 Å². The molecule has 1 amide bonds. The lowest BCUT2D eigenvalue weighted by molar-refractivity contribution is -0.132. The minimum Gasteiger partial charge on any atom is -0.490 e. The Bertz CT molecular complexity index is 1120. The number of aromatic nitrogens is 1. The Labute approximate surface area is 192 Å². The third-order valence-electron chi connectivity index (χ3n) is 5.51. The Kier molecular flexibility index (Phi) is 7.16. The van der Waals surface area contributed by atoms with Crippen molar-refractivity contribution in [3.05, 3.63) is 89.5 Å². The molecule has 0 radical (unpaired) electrons. The van der Waals surface area contributed by atoms with E-state index in [1.165, 1.54) is 12.1 Å². The van der Waals surface area contributed by atoms with Gasteiger partial charge >= 0.3 is 0 Å². The van der Waals surface area contributed by atoms with Gasteiger partial charge in [0.1, 0.15) is 41.8 Å². The Morgan fingerprint density at radius 3 is 2.48 bits per heavy atom. The summed E-state index contributed by atoms with van der Waals surface area (Å²) in [6.45, 7) is 1.58. The van der Waals surface area contributed by atoms with Crippen LogP contribution in [0, 0.1) is 17.1 Å². The van der Waals surface area contributed by atoms with E-state index in [0.717, 1.165) is 29.7 Å². The lowest BCUT2D eigenvalue weighted by Crippen LogP contribution is -2.42. The smallest absolute Gasteiger partial charge is 0.227 e. The highest BCUT2D eigenvalue weighted by Gasteiger charge is 2.24. The normalized spacial score (nSPS) is 13.9. The Balaban J connectivity index is 1.21. The number of rotatable bonds is 7. The number of nitriles is 1. The van der Waals surface area contributed by atoms with Crippen LogP contribution in [-0.4, -0.2) is 35.0 Å². The molecule has 3 aromatic rings. The van der Waals surface area contributed by atoms with Crippen molar-refractivity contribution in [2.24, 2.45) is 0 Å². The van der Waals surface area contributed by atoms with Crippen molar-refractivity contribution in [3.63, 3.8) is 0 Å². The molecule has 1 aliphatic rings. The predicted molar refractivity (Wildman–Crippen MR) is 120 cm³/mol. The van der Waals surface area contributed by atoms with E-state index in [9.17, 15) is 9.18 Å². The minimum absolute atomic E-state index is 0.0460. The van der Waals surface area contributed by atoms with Gasteiger partial charge in [0.25, 0.3) is 0 Å². The number of carbonyl (C=O) groups is 1. The van der Waals surface area contributed by atoms with Crippen molar-refractivity contribution in [3.8, 4) is 17.6 Å². The molecule has 6 nitrogen and oxygen atoms in total. The second-order valence-electron chi connectivity index (χ2n) is 7.93. The first-order valence-electron chi connectivity index (χ1n) is 10.9. The van der Waals surface area contributed by atoms with Gasteiger partial charge in [-0.25, -0.2) is 9.37 Å². The Morgan fingerprint density at radius 1 is 1.06 bits per heavy atom. The van der Waals surface area contributed by atoms with Gasteiger partial charge in [-0.15, -0.1) is 0 Å². The highest BCUT2D eigenvalue weighted by atomic mass is 19.1. The van der Waals surface area contributed by atoms with Crippen molar-refractivity contribution in [2.75, 3.05) is 13.1 Å². The maximum atomic E-state index is 13.3. The maximum Gasteiger partial charge on any atom is 0.227 e. The first-order valence-corrected chi connectivity index (χ1v) is 10.9. The highest BCUT2D eigenvalue weighted by Crippen LogP contribution is 2.23. The Hall–Kier alpha value is -3.92. The van der Waals surface area contributed by atoms with E-state index in [-0.39, 0.29) is 24.2 Å². The number of halogens is 1. The molecule has 0 saturated carbocycles. The summed E-state index contributed by atoms with van der Waals surface area (Å²) in [6, 6.07) is 19.1. The first-order chi connectivity index (χ1) is 16.1. The summed E-state index contributed by atoms with van der Waals surface area (Å²) in [5.74, 6) is 1.21. The minimum atomic E-state index is -0.279. The molecular weight excluding hydrogens is 421 g/mol. The number of likely N-dealkylation sites (tertiary alicyclic amines) is 1. The zero-order valence-corrected chi connectivity index (χ0v) is 18.1. The maximum absolute atomic E-state index is 13.3. The van der Waals surface area contributed by atoms with Crippen LogP contribution in [0.2, 0.25) is 0 Å². The van der Waals surface area contributed by atoms with Crippen LogP contribution in [0.25, 0.3) is 0 Å². The molecule has 2 aromatic carbocycles. The molecule has 0 N–H and O–H groups in total. The molecule has 1 aliphatic heterocycles. The quantitative estimate of drug-likeness (QED) is 0.543. The number of nitrogens with zero attached hydrogens (tertiary/aromatic N) is 3. The molecule has 0 unspecified atom stereocenters. The van der Waals surface area contributed by atoms with Crippen molar-refractivity contribution in [1.29, 1.82) is 5.26 Å². The van der Waals surface area contributed by atoms with Gasteiger partial charge in [-0.2, -0.15) is 5.26 Å². The van der Waals surface area contributed by atoms with Gasteiger partial charge in [-0.1, -0.05) is 18.2 Å². The van der Waals surface area contributed by atoms with Gasteiger partial charge in [-0.05, 0) is 53.6 Å². The standard InChI is InChI=1S/C26H24FN3O3/c27-21-3-1-2-20(14-21)18-32-23-6-8-24(9-7-23)33-25-10-12-30(13-11-25)26(31)15-19-4-5-22(16-28)29-17-19/h1-9,14,17,25H,10-13,15,18H2. The molecule has 0 aliphatic carbocycles. The van der Waals surface area contributed by atoms with E-state index in [1.54, 1.807) is 24.4 Å². The summed E-state index contributed by atoms with van der Waals surface area (Å²) in [4.78, 5) is 18.4. The fourth-order valence-electron chi connectivity index (χ4n) is 3.70. The van der Waals surface area contributed by atoms with E-state index >= 15 is 0 Å². The zero-order chi connectivity index (χ0) is 23.0. The number of carbonyl (C=O) groups excluding carboxylic acids is 1. The molecule has 1 saturated heterocycles. The van der Waals surface area contributed by atoms with Crippen LogP contribution in [-0.2, 0) is 17.8 Å². The zero-order valence-electron chi connectivity index (χ0n) is 18.1. The van der Waals surface area contributed by atoms with Crippen LogP contribution in [0.15, 0.2) is 66.9 Å². The van der Waals surface area contributed by atoms with Crippen LogP contribution in [0.4, 0.5) is 4.39 Å². The van der Waals surface area contributed by atoms with E-state index in [2.05, 4.69) is 4.98 Å². The summed E-state index contributed by atoms with van der Waals surface area (Å²) in [5, 5.41) is 8.82. The number of amides is 1.